The van der Waals surface area contributed by atoms with Gasteiger partial charge < -0.3 is 10.2 Å². The molecule has 2 heterocycles. The predicted octanol–water partition coefficient (Wildman–Crippen LogP) is 3.54. The van der Waals surface area contributed by atoms with Gasteiger partial charge in [0.1, 0.15) is 0 Å². The number of hydrogen-bond donors (Lipinski definition) is 1. The topological polar surface area (TPSA) is 41.1 Å². The van der Waals surface area contributed by atoms with Crippen molar-refractivity contribution >= 4 is 40.5 Å². The Balaban J connectivity index is 1.73. The summed E-state index contributed by atoms with van der Waals surface area (Å²) >= 11 is 7.00. The predicted molar refractivity (Wildman–Crippen MR) is 76.1 cm³/mol. The average molecular weight is 281 g/mol. The van der Waals surface area contributed by atoms with Gasteiger partial charge in [-0.1, -0.05) is 11.6 Å². The summed E-state index contributed by atoms with van der Waals surface area (Å²) in [6, 6.07) is 8.34. The van der Waals surface area contributed by atoms with E-state index in [1.807, 2.05) is 12.1 Å². The van der Waals surface area contributed by atoms with E-state index in [-0.39, 0.29) is 0 Å². The minimum absolute atomic E-state index is 0.420. The highest BCUT2D eigenvalue weighted by atomic mass is 35.5. The van der Waals surface area contributed by atoms with E-state index in [1.165, 1.54) is 18.5 Å². The van der Waals surface area contributed by atoms with Gasteiger partial charge in [-0.05, 0) is 37.1 Å². The Morgan fingerprint density at radius 1 is 1.11 bits per heavy atom. The SMILES string of the molecule is Clc1nsnc1Nc1ccc(N2CCCC2)cc1. The fourth-order valence-electron chi connectivity index (χ4n) is 2.12. The Hall–Kier alpha value is -1.33. The van der Waals surface area contributed by atoms with Crippen molar-refractivity contribution in [1.29, 1.82) is 0 Å². The third kappa shape index (κ3) is 2.42. The standard InChI is InChI=1S/C12H13ClN4S/c13-11-12(16-18-15-11)14-9-3-5-10(6-4-9)17-7-1-2-8-17/h3-6H,1-2,7-8H2,(H,14,16). The van der Waals surface area contributed by atoms with E-state index < -0.39 is 0 Å². The Morgan fingerprint density at radius 3 is 2.44 bits per heavy atom. The van der Waals surface area contributed by atoms with Crippen molar-refractivity contribution in [3.63, 3.8) is 0 Å². The molecule has 1 aliphatic heterocycles. The molecule has 94 valence electrons. The maximum Gasteiger partial charge on any atom is 0.187 e. The summed E-state index contributed by atoms with van der Waals surface area (Å²) in [7, 11) is 0. The van der Waals surface area contributed by atoms with Gasteiger partial charge in [0.25, 0.3) is 0 Å². The second-order valence-electron chi connectivity index (χ2n) is 4.27. The Bertz CT molecular complexity index is 519. The van der Waals surface area contributed by atoms with Gasteiger partial charge in [-0.2, -0.15) is 8.75 Å². The summed E-state index contributed by atoms with van der Waals surface area (Å²) in [6.07, 6.45) is 2.58. The quantitative estimate of drug-likeness (QED) is 0.934. The molecule has 1 aliphatic rings. The Kier molecular flexibility index (Phi) is 3.34. The van der Waals surface area contributed by atoms with Crippen LogP contribution in [0.3, 0.4) is 0 Å². The first kappa shape index (κ1) is 11.7. The molecule has 6 heteroatoms. The molecule has 0 aliphatic carbocycles. The monoisotopic (exact) mass is 280 g/mol. The van der Waals surface area contributed by atoms with E-state index >= 15 is 0 Å². The van der Waals surface area contributed by atoms with Crippen molar-refractivity contribution in [3.8, 4) is 0 Å². The van der Waals surface area contributed by atoms with Gasteiger partial charge in [-0.15, -0.1) is 0 Å². The zero-order valence-corrected chi connectivity index (χ0v) is 11.3. The molecule has 0 amide bonds. The molecular formula is C12H13ClN4S. The van der Waals surface area contributed by atoms with Crippen LogP contribution in [0.15, 0.2) is 24.3 Å². The highest BCUT2D eigenvalue weighted by Gasteiger charge is 2.12. The second kappa shape index (κ2) is 5.12. The van der Waals surface area contributed by atoms with Crippen LogP contribution in [-0.4, -0.2) is 21.8 Å². The normalized spacial score (nSPS) is 15.1. The molecule has 3 rings (SSSR count). The molecule has 0 spiro atoms. The zero-order chi connectivity index (χ0) is 12.4. The lowest BCUT2D eigenvalue weighted by atomic mass is 10.2. The minimum Gasteiger partial charge on any atom is -0.372 e. The van der Waals surface area contributed by atoms with Gasteiger partial charge in [-0.25, -0.2) is 0 Å². The van der Waals surface area contributed by atoms with Gasteiger partial charge in [0.15, 0.2) is 11.0 Å². The summed E-state index contributed by atoms with van der Waals surface area (Å²) in [5.41, 5.74) is 2.26. The van der Waals surface area contributed by atoms with Crippen LogP contribution >= 0.6 is 23.3 Å². The fraction of sp³-hybridized carbons (Fsp3) is 0.333. The van der Waals surface area contributed by atoms with Crippen LogP contribution in [0.2, 0.25) is 5.15 Å². The number of hydrogen-bond acceptors (Lipinski definition) is 5. The molecule has 1 N–H and O–H groups in total. The number of halogens is 1. The van der Waals surface area contributed by atoms with Crippen molar-refractivity contribution in [1.82, 2.24) is 8.75 Å². The molecule has 1 fully saturated rings. The second-order valence-corrected chi connectivity index (χ2v) is 5.16. The number of nitrogens with zero attached hydrogens (tertiary/aromatic N) is 3. The van der Waals surface area contributed by atoms with Gasteiger partial charge in [0, 0.05) is 24.5 Å². The molecule has 4 nitrogen and oxygen atoms in total. The fourth-order valence-corrected chi connectivity index (χ4v) is 2.76. The number of nitrogens with one attached hydrogen (secondary N) is 1. The molecule has 1 saturated heterocycles. The molecule has 0 atom stereocenters. The van der Waals surface area contributed by atoms with E-state index in [9.17, 15) is 0 Å². The van der Waals surface area contributed by atoms with E-state index in [2.05, 4.69) is 31.1 Å². The Morgan fingerprint density at radius 2 is 1.83 bits per heavy atom. The average Bonchev–Trinajstić information content (AvgIpc) is 3.03. The van der Waals surface area contributed by atoms with E-state index in [0.717, 1.165) is 30.5 Å². The van der Waals surface area contributed by atoms with Crippen molar-refractivity contribution in [2.24, 2.45) is 0 Å². The van der Waals surface area contributed by atoms with Crippen LogP contribution in [-0.2, 0) is 0 Å². The van der Waals surface area contributed by atoms with Crippen LogP contribution in [0.4, 0.5) is 17.2 Å². The van der Waals surface area contributed by atoms with Crippen molar-refractivity contribution < 1.29 is 0 Å². The van der Waals surface area contributed by atoms with Gasteiger partial charge in [0.05, 0.1) is 11.7 Å². The number of anilines is 3. The first-order valence-corrected chi connectivity index (χ1v) is 7.04. The van der Waals surface area contributed by atoms with E-state index in [1.54, 1.807) is 0 Å². The lowest BCUT2D eigenvalue weighted by molar-refractivity contribution is 0.949. The minimum atomic E-state index is 0.420. The molecule has 0 unspecified atom stereocenters. The van der Waals surface area contributed by atoms with Crippen molar-refractivity contribution in [3.05, 3.63) is 29.4 Å². The summed E-state index contributed by atoms with van der Waals surface area (Å²) in [5.74, 6) is 0.621. The zero-order valence-electron chi connectivity index (χ0n) is 9.77. The smallest absolute Gasteiger partial charge is 0.187 e. The molecule has 0 bridgehead atoms. The number of rotatable bonds is 3. The molecule has 18 heavy (non-hydrogen) atoms. The maximum atomic E-state index is 5.89. The summed E-state index contributed by atoms with van der Waals surface area (Å²) in [4.78, 5) is 2.40. The van der Waals surface area contributed by atoms with Gasteiger partial charge in [0.2, 0.25) is 0 Å². The van der Waals surface area contributed by atoms with E-state index in [0.29, 0.717) is 11.0 Å². The van der Waals surface area contributed by atoms with Crippen LogP contribution in [0, 0.1) is 0 Å². The summed E-state index contributed by atoms with van der Waals surface area (Å²) in [6.45, 7) is 2.32. The van der Waals surface area contributed by atoms with Gasteiger partial charge in [-0.3, -0.25) is 0 Å². The third-order valence-electron chi connectivity index (χ3n) is 3.05. The third-order valence-corrected chi connectivity index (χ3v) is 3.94. The molecule has 2 aromatic rings. The lowest BCUT2D eigenvalue weighted by Gasteiger charge is -2.17. The highest BCUT2D eigenvalue weighted by molar-refractivity contribution is 6.99. The first-order chi connectivity index (χ1) is 8.83. The molecule has 1 aromatic carbocycles. The molecule has 0 radical (unpaired) electrons. The molecule has 0 saturated carbocycles. The van der Waals surface area contributed by atoms with E-state index in [4.69, 9.17) is 11.6 Å². The van der Waals surface area contributed by atoms with Crippen LogP contribution in [0.1, 0.15) is 12.8 Å². The van der Waals surface area contributed by atoms with Gasteiger partial charge >= 0.3 is 0 Å². The molecular weight excluding hydrogens is 268 g/mol. The van der Waals surface area contributed by atoms with Crippen LogP contribution < -0.4 is 10.2 Å². The van der Waals surface area contributed by atoms with Crippen LogP contribution in [0.25, 0.3) is 0 Å². The number of benzene rings is 1. The largest absolute Gasteiger partial charge is 0.372 e. The Labute approximate surface area is 115 Å². The lowest BCUT2D eigenvalue weighted by Crippen LogP contribution is -2.17. The molecule has 1 aromatic heterocycles. The highest BCUT2D eigenvalue weighted by Crippen LogP contribution is 2.26. The van der Waals surface area contributed by atoms with Crippen LogP contribution in [0.5, 0.6) is 0 Å². The number of aromatic nitrogens is 2. The van der Waals surface area contributed by atoms with Crippen molar-refractivity contribution in [2.45, 2.75) is 12.8 Å². The first-order valence-electron chi connectivity index (χ1n) is 5.93. The maximum absolute atomic E-state index is 5.89. The summed E-state index contributed by atoms with van der Waals surface area (Å²) in [5, 5.41) is 3.58. The van der Waals surface area contributed by atoms with Crippen molar-refractivity contribution in [2.75, 3.05) is 23.3 Å². The summed E-state index contributed by atoms with van der Waals surface area (Å²) < 4.78 is 8.01.